The first-order chi connectivity index (χ1) is 13.9. The second kappa shape index (κ2) is 9.26. The molecule has 1 aromatic heterocycles. The van der Waals surface area contributed by atoms with Crippen molar-refractivity contribution in [1.29, 1.82) is 0 Å². The highest BCUT2D eigenvalue weighted by Gasteiger charge is 2.09. The molecule has 0 bridgehead atoms. The van der Waals surface area contributed by atoms with E-state index in [-0.39, 0.29) is 0 Å². The molecule has 5 nitrogen and oxygen atoms in total. The molecule has 3 rings (SSSR count). The van der Waals surface area contributed by atoms with Crippen molar-refractivity contribution in [3.63, 3.8) is 0 Å². The van der Waals surface area contributed by atoms with E-state index < -0.39 is 5.97 Å². The molecule has 1 heterocycles. The summed E-state index contributed by atoms with van der Waals surface area (Å²) in [6.07, 6.45) is 4.26. The Labute approximate surface area is 174 Å². The maximum Gasteiger partial charge on any atom is 0.328 e. The van der Waals surface area contributed by atoms with E-state index in [0.29, 0.717) is 29.0 Å². The smallest absolute Gasteiger partial charge is 0.328 e. The molecule has 6 heteroatoms. The Morgan fingerprint density at radius 3 is 2.48 bits per heavy atom. The van der Waals surface area contributed by atoms with Gasteiger partial charge in [-0.05, 0) is 60.9 Å². The molecular formula is C23H20ClNO4. The van der Waals surface area contributed by atoms with E-state index in [2.05, 4.69) is 4.98 Å². The third-order valence-electron chi connectivity index (χ3n) is 4.17. The fourth-order valence-electron chi connectivity index (χ4n) is 2.80. The van der Waals surface area contributed by atoms with Gasteiger partial charge >= 0.3 is 5.97 Å². The average molecular weight is 410 g/mol. The molecular weight excluding hydrogens is 390 g/mol. The third kappa shape index (κ3) is 5.59. The minimum atomic E-state index is -0.985. The summed E-state index contributed by atoms with van der Waals surface area (Å²) in [6.45, 7) is 4.16. The second-order valence-electron chi connectivity index (χ2n) is 6.47. The summed E-state index contributed by atoms with van der Waals surface area (Å²) in [7, 11) is 0. The van der Waals surface area contributed by atoms with Crippen LogP contribution in [0.5, 0.6) is 17.4 Å². The number of halogens is 1. The van der Waals surface area contributed by atoms with Gasteiger partial charge in [0.05, 0.1) is 6.20 Å². The highest BCUT2D eigenvalue weighted by atomic mass is 35.5. The lowest BCUT2D eigenvalue weighted by Gasteiger charge is -2.13. The molecule has 0 amide bonds. The summed E-state index contributed by atoms with van der Waals surface area (Å²) < 4.78 is 11.7. The van der Waals surface area contributed by atoms with E-state index >= 15 is 0 Å². The SMILES string of the molecule is Cc1cc(C=CC(=O)O)cc(C)c1Oc1ccc(OCc2ccccc2Cl)cn1. The number of carbonyl (C=O) groups is 1. The van der Waals surface area contributed by atoms with Gasteiger partial charge in [-0.3, -0.25) is 0 Å². The fourth-order valence-corrected chi connectivity index (χ4v) is 2.99. The predicted molar refractivity (Wildman–Crippen MR) is 113 cm³/mol. The van der Waals surface area contributed by atoms with Crippen molar-refractivity contribution in [3.05, 3.63) is 88.1 Å². The number of carboxylic acid groups (broad SMARTS) is 1. The van der Waals surface area contributed by atoms with Gasteiger partial charge in [0.1, 0.15) is 18.1 Å². The van der Waals surface area contributed by atoms with Gasteiger partial charge in [-0.2, -0.15) is 0 Å². The van der Waals surface area contributed by atoms with Crippen molar-refractivity contribution in [2.24, 2.45) is 0 Å². The molecule has 1 N–H and O–H groups in total. The number of aryl methyl sites for hydroxylation is 2. The van der Waals surface area contributed by atoms with Gasteiger partial charge in [-0.1, -0.05) is 29.8 Å². The van der Waals surface area contributed by atoms with E-state index in [9.17, 15) is 4.79 Å². The van der Waals surface area contributed by atoms with Crippen LogP contribution in [0, 0.1) is 13.8 Å². The lowest BCUT2D eigenvalue weighted by molar-refractivity contribution is -0.131. The zero-order valence-electron chi connectivity index (χ0n) is 16.1. The van der Waals surface area contributed by atoms with E-state index in [1.54, 1.807) is 24.4 Å². The zero-order chi connectivity index (χ0) is 20.8. The van der Waals surface area contributed by atoms with Crippen molar-refractivity contribution < 1.29 is 19.4 Å². The minimum absolute atomic E-state index is 0.352. The number of aromatic nitrogens is 1. The van der Waals surface area contributed by atoms with Gasteiger partial charge in [0.15, 0.2) is 0 Å². The molecule has 3 aromatic rings. The Balaban J connectivity index is 1.68. The van der Waals surface area contributed by atoms with Gasteiger partial charge in [-0.15, -0.1) is 0 Å². The van der Waals surface area contributed by atoms with Gasteiger partial charge in [-0.25, -0.2) is 9.78 Å². The van der Waals surface area contributed by atoms with E-state index in [1.165, 1.54) is 0 Å². The summed E-state index contributed by atoms with van der Waals surface area (Å²) in [5, 5.41) is 9.43. The first kappa shape index (κ1) is 20.4. The quantitative estimate of drug-likeness (QED) is 0.498. The topological polar surface area (TPSA) is 68.7 Å². The summed E-state index contributed by atoms with van der Waals surface area (Å²) in [5.74, 6) is 0.756. The summed E-state index contributed by atoms with van der Waals surface area (Å²) in [5.41, 5.74) is 3.47. The number of hydrogen-bond acceptors (Lipinski definition) is 4. The lowest BCUT2D eigenvalue weighted by atomic mass is 10.1. The minimum Gasteiger partial charge on any atom is -0.487 e. The summed E-state index contributed by atoms with van der Waals surface area (Å²) in [4.78, 5) is 15.0. The van der Waals surface area contributed by atoms with Gasteiger partial charge < -0.3 is 14.6 Å². The molecule has 2 aromatic carbocycles. The number of pyridine rings is 1. The number of benzene rings is 2. The molecule has 0 aliphatic heterocycles. The van der Waals surface area contributed by atoms with Crippen LogP contribution in [0.2, 0.25) is 5.02 Å². The number of carboxylic acids is 1. The van der Waals surface area contributed by atoms with E-state index in [1.807, 2.05) is 50.2 Å². The molecule has 0 radical (unpaired) electrons. The molecule has 0 atom stereocenters. The third-order valence-corrected chi connectivity index (χ3v) is 4.54. The molecule has 0 aliphatic rings. The molecule has 0 aliphatic carbocycles. The molecule has 29 heavy (non-hydrogen) atoms. The highest BCUT2D eigenvalue weighted by molar-refractivity contribution is 6.31. The monoisotopic (exact) mass is 409 g/mol. The van der Waals surface area contributed by atoms with Gasteiger partial charge in [0, 0.05) is 22.7 Å². The van der Waals surface area contributed by atoms with Crippen LogP contribution in [-0.4, -0.2) is 16.1 Å². The first-order valence-corrected chi connectivity index (χ1v) is 9.32. The van der Waals surface area contributed by atoms with Crippen LogP contribution in [0.4, 0.5) is 0 Å². The Morgan fingerprint density at radius 1 is 1.14 bits per heavy atom. The van der Waals surface area contributed by atoms with Crippen LogP contribution in [0.25, 0.3) is 6.08 Å². The average Bonchev–Trinajstić information content (AvgIpc) is 2.69. The first-order valence-electron chi connectivity index (χ1n) is 8.95. The Kier molecular flexibility index (Phi) is 6.52. The van der Waals surface area contributed by atoms with Crippen LogP contribution in [0.15, 0.2) is 60.8 Å². The van der Waals surface area contributed by atoms with Crippen LogP contribution in [-0.2, 0) is 11.4 Å². The second-order valence-corrected chi connectivity index (χ2v) is 6.88. The van der Waals surface area contributed by atoms with Crippen LogP contribution in [0.1, 0.15) is 22.3 Å². The number of nitrogens with zero attached hydrogens (tertiary/aromatic N) is 1. The zero-order valence-corrected chi connectivity index (χ0v) is 16.8. The Bertz CT molecular complexity index is 1020. The molecule has 0 saturated carbocycles. The molecule has 0 unspecified atom stereocenters. The Hall–Kier alpha value is -3.31. The van der Waals surface area contributed by atoms with Crippen molar-refractivity contribution in [2.45, 2.75) is 20.5 Å². The largest absolute Gasteiger partial charge is 0.487 e. The summed E-state index contributed by atoms with van der Waals surface area (Å²) in [6, 6.07) is 14.8. The van der Waals surface area contributed by atoms with Crippen LogP contribution < -0.4 is 9.47 Å². The number of aliphatic carboxylic acids is 1. The molecule has 148 valence electrons. The van der Waals surface area contributed by atoms with Gasteiger partial charge in [0.2, 0.25) is 5.88 Å². The number of hydrogen-bond donors (Lipinski definition) is 1. The van der Waals surface area contributed by atoms with Crippen LogP contribution in [0.3, 0.4) is 0 Å². The summed E-state index contributed by atoms with van der Waals surface area (Å²) >= 11 is 6.13. The molecule has 0 fully saturated rings. The predicted octanol–water partition coefficient (Wildman–Crippen LogP) is 5.82. The van der Waals surface area contributed by atoms with E-state index in [4.69, 9.17) is 26.2 Å². The van der Waals surface area contributed by atoms with Crippen molar-refractivity contribution in [2.75, 3.05) is 0 Å². The maximum atomic E-state index is 10.7. The van der Waals surface area contributed by atoms with Crippen molar-refractivity contribution in [1.82, 2.24) is 4.98 Å². The number of rotatable bonds is 7. The molecule has 0 saturated heterocycles. The van der Waals surface area contributed by atoms with Crippen molar-refractivity contribution in [3.8, 4) is 17.4 Å². The highest BCUT2D eigenvalue weighted by Crippen LogP contribution is 2.30. The normalized spacial score (nSPS) is 10.9. The standard InChI is InChI=1S/C23H20ClNO4/c1-15-11-17(7-10-22(26)27)12-16(2)23(15)29-21-9-8-19(13-25-21)28-14-18-5-3-4-6-20(18)24/h3-13H,14H2,1-2H3,(H,26,27). The molecule has 0 spiro atoms. The van der Waals surface area contributed by atoms with Gasteiger partial charge in [0.25, 0.3) is 0 Å². The fraction of sp³-hybridized carbons (Fsp3) is 0.130. The lowest BCUT2D eigenvalue weighted by Crippen LogP contribution is -1.98. The maximum absolute atomic E-state index is 10.7. The van der Waals surface area contributed by atoms with Crippen molar-refractivity contribution >= 4 is 23.6 Å². The van der Waals surface area contributed by atoms with E-state index in [0.717, 1.165) is 28.3 Å². The Morgan fingerprint density at radius 2 is 1.86 bits per heavy atom. The van der Waals surface area contributed by atoms with Crippen LogP contribution >= 0.6 is 11.6 Å². The number of ether oxygens (including phenoxy) is 2.